The van der Waals surface area contributed by atoms with E-state index in [-0.39, 0.29) is 34.0 Å². The van der Waals surface area contributed by atoms with Crippen LogP contribution in [-0.2, 0) is 9.59 Å². The van der Waals surface area contributed by atoms with E-state index in [2.05, 4.69) is 23.8 Å². The smallest absolute Gasteiger partial charge is 0.251 e. The lowest BCUT2D eigenvalue weighted by molar-refractivity contribution is -0.121. The first-order valence-electron chi connectivity index (χ1n) is 5.87. The van der Waals surface area contributed by atoms with Gasteiger partial charge in [0.2, 0.25) is 0 Å². The molecule has 0 unspecified atom stereocenters. The highest BCUT2D eigenvalue weighted by atomic mass is 16.2. The number of rotatable bonds is 3. The van der Waals surface area contributed by atoms with Crippen LogP contribution in [0.15, 0.2) is 24.3 Å². The predicted octanol–water partition coefficient (Wildman–Crippen LogP) is 1.93. The van der Waals surface area contributed by atoms with Gasteiger partial charge in [-0.05, 0) is 41.5 Å². The van der Waals surface area contributed by atoms with Crippen LogP contribution in [0.1, 0.15) is 41.5 Å². The van der Waals surface area contributed by atoms with E-state index in [1.54, 1.807) is 0 Å². The van der Waals surface area contributed by atoms with Crippen molar-refractivity contribution in [1.82, 2.24) is 10.6 Å². The Hall–Kier alpha value is -1.58. The molecule has 2 N–H and O–H groups in total. The van der Waals surface area contributed by atoms with Crippen molar-refractivity contribution in [2.24, 2.45) is 0 Å². The number of amides is 2. The van der Waals surface area contributed by atoms with Crippen molar-refractivity contribution >= 4 is 11.8 Å². The van der Waals surface area contributed by atoms with Gasteiger partial charge in [-0.15, -0.1) is 0 Å². The molecule has 4 nitrogen and oxygen atoms in total. The molecule has 0 fully saturated rings. The van der Waals surface area contributed by atoms with Crippen LogP contribution in [0.25, 0.3) is 0 Å². The first kappa shape index (κ1) is 16.4. The maximum absolute atomic E-state index is 11.8. The molecule has 0 atom stereocenters. The third-order valence-corrected chi connectivity index (χ3v) is 1.89. The van der Waals surface area contributed by atoms with Gasteiger partial charge in [0.25, 0.3) is 11.8 Å². The predicted molar refractivity (Wildman–Crippen MR) is 74.1 cm³/mol. The summed E-state index contributed by atoms with van der Waals surface area (Å²) in [7, 11) is 0. The second kappa shape index (κ2) is 5.38. The largest absolute Gasteiger partial charge is 0.347 e. The normalized spacial score (nSPS) is 11.7. The highest BCUT2D eigenvalue weighted by Gasteiger charge is 2.23. The van der Waals surface area contributed by atoms with E-state index < -0.39 is 0 Å². The van der Waals surface area contributed by atoms with Gasteiger partial charge < -0.3 is 10.6 Å². The molecule has 0 bridgehead atoms. The van der Waals surface area contributed by atoms with Crippen LogP contribution in [0.2, 0.25) is 0 Å². The standard InChI is InChI=1S/C14H24N2O2/c1-9(11(17)15-13(3,4)5)10(2)12(18)16-14(6,7)8/h1-2H2,3-8H3,(H,15,17)(H,16,18). The quantitative estimate of drug-likeness (QED) is 0.595. The van der Waals surface area contributed by atoms with Crippen LogP contribution < -0.4 is 10.6 Å². The lowest BCUT2D eigenvalue weighted by Gasteiger charge is -2.24. The molecule has 0 aromatic carbocycles. The molecule has 0 heterocycles. The molecule has 102 valence electrons. The van der Waals surface area contributed by atoms with Crippen LogP contribution in [0.3, 0.4) is 0 Å². The summed E-state index contributed by atoms with van der Waals surface area (Å²) in [5, 5.41) is 5.48. The van der Waals surface area contributed by atoms with Crippen LogP contribution in [0.5, 0.6) is 0 Å². The van der Waals surface area contributed by atoms with Crippen LogP contribution in [0.4, 0.5) is 0 Å². The zero-order valence-electron chi connectivity index (χ0n) is 12.2. The SMILES string of the molecule is C=C(C(=C)C(=O)NC(C)(C)C)C(=O)NC(C)(C)C. The summed E-state index contributed by atoms with van der Waals surface area (Å²) >= 11 is 0. The first-order chi connectivity index (χ1) is 7.83. The Morgan fingerprint density at radius 3 is 1.11 bits per heavy atom. The van der Waals surface area contributed by atoms with E-state index in [0.717, 1.165) is 0 Å². The zero-order valence-corrected chi connectivity index (χ0v) is 12.2. The van der Waals surface area contributed by atoms with Gasteiger partial charge in [0, 0.05) is 22.2 Å². The maximum atomic E-state index is 11.8. The van der Waals surface area contributed by atoms with E-state index >= 15 is 0 Å². The van der Waals surface area contributed by atoms with E-state index in [1.165, 1.54) is 0 Å². The van der Waals surface area contributed by atoms with Gasteiger partial charge in [-0.1, -0.05) is 13.2 Å². The Labute approximate surface area is 110 Å². The first-order valence-corrected chi connectivity index (χ1v) is 5.87. The molecule has 0 aromatic rings. The van der Waals surface area contributed by atoms with E-state index in [0.29, 0.717) is 0 Å². The van der Waals surface area contributed by atoms with Crippen molar-refractivity contribution in [3.8, 4) is 0 Å². The average Bonchev–Trinajstić information content (AvgIpc) is 2.09. The number of hydrogen-bond acceptors (Lipinski definition) is 2. The Bertz CT molecular complexity index is 344. The minimum atomic E-state index is -0.378. The van der Waals surface area contributed by atoms with Crippen molar-refractivity contribution in [3.05, 3.63) is 24.3 Å². The monoisotopic (exact) mass is 252 g/mol. The molecule has 0 rings (SSSR count). The third-order valence-electron chi connectivity index (χ3n) is 1.89. The second-order valence-corrected chi connectivity index (χ2v) is 6.37. The topological polar surface area (TPSA) is 58.2 Å². The summed E-state index contributed by atoms with van der Waals surface area (Å²) in [6, 6.07) is 0. The lowest BCUT2D eigenvalue weighted by Crippen LogP contribution is -2.44. The third kappa shape index (κ3) is 6.23. The van der Waals surface area contributed by atoms with Gasteiger partial charge in [0.1, 0.15) is 0 Å². The Kier molecular flexibility index (Phi) is 4.90. The Morgan fingerprint density at radius 2 is 0.944 bits per heavy atom. The summed E-state index contributed by atoms with van der Waals surface area (Å²) in [5.74, 6) is -0.756. The van der Waals surface area contributed by atoms with E-state index in [4.69, 9.17) is 0 Å². The minimum absolute atomic E-state index is 0.0895. The van der Waals surface area contributed by atoms with Crippen molar-refractivity contribution in [2.75, 3.05) is 0 Å². The summed E-state index contributed by atoms with van der Waals surface area (Å²) in [6.07, 6.45) is 0. The van der Waals surface area contributed by atoms with Gasteiger partial charge in [-0.25, -0.2) is 0 Å². The van der Waals surface area contributed by atoms with E-state index in [9.17, 15) is 9.59 Å². The summed E-state index contributed by atoms with van der Waals surface area (Å²) in [5.41, 5.74) is -0.569. The highest BCUT2D eigenvalue weighted by molar-refractivity contribution is 6.10. The van der Waals surface area contributed by atoms with Crippen molar-refractivity contribution in [2.45, 2.75) is 52.6 Å². The van der Waals surface area contributed by atoms with Crippen LogP contribution in [-0.4, -0.2) is 22.9 Å². The van der Waals surface area contributed by atoms with Gasteiger partial charge >= 0.3 is 0 Å². The van der Waals surface area contributed by atoms with Gasteiger partial charge in [0.05, 0.1) is 0 Å². The fourth-order valence-corrected chi connectivity index (χ4v) is 1.11. The fourth-order valence-electron chi connectivity index (χ4n) is 1.11. The number of nitrogens with one attached hydrogen (secondary N) is 2. The van der Waals surface area contributed by atoms with Crippen LogP contribution in [0, 0.1) is 0 Å². The molecule has 0 saturated carbocycles. The average molecular weight is 252 g/mol. The zero-order chi connectivity index (χ0) is 14.7. The molecular weight excluding hydrogens is 228 g/mol. The maximum Gasteiger partial charge on any atom is 0.251 e. The van der Waals surface area contributed by atoms with E-state index in [1.807, 2.05) is 41.5 Å². The number of carbonyl (C=O) groups is 2. The minimum Gasteiger partial charge on any atom is -0.347 e. The summed E-state index contributed by atoms with van der Waals surface area (Å²) in [6.45, 7) is 18.4. The molecule has 2 amide bonds. The molecule has 0 aliphatic heterocycles. The number of hydrogen-bond donors (Lipinski definition) is 2. The van der Waals surface area contributed by atoms with Gasteiger partial charge in [-0.3, -0.25) is 9.59 Å². The Balaban J connectivity index is 4.67. The summed E-state index contributed by atoms with van der Waals surface area (Å²) in [4.78, 5) is 23.6. The molecule has 0 aliphatic carbocycles. The Morgan fingerprint density at radius 1 is 0.722 bits per heavy atom. The molecule has 4 heteroatoms. The fraction of sp³-hybridized carbons (Fsp3) is 0.571. The molecule has 18 heavy (non-hydrogen) atoms. The molecule has 0 radical (unpaired) electrons. The van der Waals surface area contributed by atoms with Crippen molar-refractivity contribution in [3.63, 3.8) is 0 Å². The number of carbonyl (C=O) groups excluding carboxylic acids is 2. The summed E-state index contributed by atoms with van der Waals surface area (Å²) < 4.78 is 0. The second-order valence-electron chi connectivity index (χ2n) is 6.37. The highest BCUT2D eigenvalue weighted by Crippen LogP contribution is 2.10. The molecule has 0 spiro atoms. The lowest BCUT2D eigenvalue weighted by atomic mass is 10.0. The van der Waals surface area contributed by atoms with Gasteiger partial charge in [0.15, 0.2) is 0 Å². The molecule has 0 aliphatic rings. The van der Waals surface area contributed by atoms with Crippen LogP contribution >= 0.6 is 0 Å². The molecular formula is C14H24N2O2. The van der Waals surface area contributed by atoms with Crippen molar-refractivity contribution < 1.29 is 9.59 Å². The van der Waals surface area contributed by atoms with Crippen molar-refractivity contribution in [1.29, 1.82) is 0 Å². The van der Waals surface area contributed by atoms with Gasteiger partial charge in [-0.2, -0.15) is 0 Å². The molecule has 0 aromatic heterocycles. The molecule has 0 saturated heterocycles.